The van der Waals surface area contributed by atoms with E-state index in [1.165, 1.54) is 81.6 Å². The molecule has 1 aromatic heterocycles. The van der Waals surface area contributed by atoms with E-state index in [0.29, 0.717) is 0 Å². The summed E-state index contributed by atoms with van der Waals surface area (Å²) in [4.78, 5) is 9.06. The van der Waals surface area contributed by atoms with Gasteiger partial charge in [0.2, 0.25) is 0 Å². The smallest absolute Gasteiger partial charge is 0.252 e. The number of hydrogen-bond donors (Lipinski definition) is 0. The SMILES string of the molecule is CC(C)(C)c1ccc(N2c3ccc(C(C)(C)C)cc3B3c4cc5cc(C(C)(C)C)sc5cc4N(c4ccc(C(C)(C)C)cc4)c4cc(N(c5ccccc5)c5cccc6ccccc56)cc2c43)cc1. The van der Waals surface area contributed by atoms with E-state index in [2.05, 4.69) is 268 Å². The summed E-state index contributed by atoms with van der Waals surface area (Å²) in [5.41, 5.74) is 18.5. The van der Waals surface area contributed by atoms with Gasteiger partial charge in [0.25, 0.3) is 6.71 Å². The zero-order valence-electron chi connectivity index (χ0n) is 42.5. The first-order valence-corrected chi connectivity index (χ1v) is 25.6. The van der Waals surface area contributed by atoms with Crippen LogP contribution in [0.3, 0.4) is 0 Å². The third kappa shape index (κ3) is 7.74. The molecule has 3 heterocycles. The monoisotopic (exact) mass is 917 g/mol. The van der Waals surface area contributed by atoms with Gasteiger partial charge in [0.15, 0.2) is 0 Å². The maximum atomic E-state index is 2.60. The molecule has 2 aliphatic rings. The van der Waals surface area contributed by atoms with Crippen molar-refractivity contribution >= 4 is 106 Å². The van der Waals surface area contributed by atoms with Crippen molar-refractivity contribution in [2.24, 2.45) is 0 Å². The summed E-state index contributed by atoms with van der Waals surface area (Å²) in [6, 6.07) is 65.1. The molecule has 0 aliphatic carbocycles. The average molecular weight is 918 g/mol. The first-order valence-electron chi connectivity index (χ1n) is 24.8. The van der Waals surface area contributed by atoms with Crippen molar-refractivity contribution in [2.45, 2.75) is 105 Å². The number of para-hydroxylation sites is 1. The molecular weight excluding hydrogens is 854 g/mol. The normalized spacial score (nSPS) is 13.7. The molecule has 0 amide bonds. The molecule has 344 valence electrons. The van der Waals surface area contributed by atoms with Gasteiger partial charge < -0.3 is 14.7 Å². The van der Waals surface area contributed by atoms with Crippen LogP contribution >= 0.6 is 11.3 Å². The molecule has 0 spiro atoms. The molecule has 0 unspecified atom stereocenters. The molecule has 2 aliphatic heterocycles. The first kappa shape index (κ1) is 44.9. The molecule has 5 heteroatoms. The van der Waals surface area contributed by atoms with Gasteiger partial charge in [-0.05, 0) is 138 Å². The number of anilines is 9. The Labute approximate surface area is 415 Å². The van der Waals surface area contributed by atoms with Gasteiger partial charge in [0, 0.05) is 54.8 Å². The van der Waals surface area contributed by atoms with Crippen LogP contribution < -0.4 is 31.1 Å². The molecule has 0 fully saturated rings. The van der Waals surface area contributed by atoms with Gasteiger partial charge in [-0.25, -0.2) is 0 Å². The Kier molecular flexibility index (Phi) is 10.4. The minimum Gasteiger partial charge on any atom is -0.311 e. The fraction of sp³-hybridized carbons (Fsp3) is 0.250. The van der Waals surface area contributed by atoms with E-state index in [0.717, 1.165) is 28.4 Å². The lowest BCUT2D eigenvalue weighted by Crippen LogP contribution is -2.61. The van der Waals surface area contributed by atoms with Crippen LogP contribution in [0, 0.1) is 0 Å². The molecule has 0 bridgehead atoms. The Morgan fingerprint density at radius 3 is 1.54 bits per heavy atom. The molecule has 0 saturated heterocycles. The van der Waals surface area contributed by atoms with Crippen molar-refractivity contribution in [3.05, 3.63) is 191 Å². The third-order valence-corrected chi connectivity index (χ3v) is 16.1. The van der Waals surface area contributed by atoms with E-state index in [1.807, 2.05) is 11.3 Å². The lowest BCUT2D eigenvalue weighted by molar-refractivity contribution is 0.590. The number of nitrogens with zero attached hydrogens (tertiary/aromatic N) is 3. The van der Waals surface area contributed by atoms with Crippen molar-refractivity contribution in [2.75, 3.05) is 14.7 Å². The van der Waals surface area contributed by atoms with Crippen LogP contribution in [0.1, 0.15) is 105 Å². The second kappa shape index (κ2) is 16.0. The summed E-state index contributed by atoms with van der Waals surface area (Å²) in [7, 11) is 0. The maximum absolute atomic E-state index is 2.60. The summed E-state index contributed by atoms with van der Waals surface area (Å²) in [6.45, 7) is 27.9. The molecule has 3 nitrogen and oxygen atoms in total. The van der Waals surface area contributed by atoms with Gasteiger partial charge in [-0.1, -0.05) is 180 Å². The highest BCUT2D eigenvalue weighted by atomic mass is 32.1. The predicted molar refractivity (Wildman–Crippen MR) is 303 cm³/mol. The van der Waals surface area contributed by atoms with Crippen LogP contribution in [0.2, 0.25) is 0 Å². The Balaban J connectivity index is 1.29. The number of benzene rings is 8. The van der Waals surface area contributed by atoms with Crippen LogP contribution in [-0.4, -0.2) is 6.71 Å². The Bertz CT molecular complexity index is 3420. The topological polar surface area (TPSA) is 9.72 Å². The van der Waals surface area contributed by atoms with Gasteiger partial charge in [-0.3, -0.25) is 0 Å². The lowest BCUT2D eigenvalue weighted by Gasteiger charge is -2.45. The zero-order valence-corrected chi connectivity index (χ0v) is 43.3. The summed E-state index contributed by atoms with van der Waals surface area (Å²) >= 11 is 1.94. The number of thiophene rings is 1. The fourth-order valence-corrected chi connectivity index (χ4v) is 11.8. The molecule has 69 heavy (non-hydrogen) atoms. The second-order valence-electron chi connectivity index (χ2n) is 23.6. The summed E-state index contributed by atoms with van der Waals surface area (Å²) in [6.07, 6.45) is 0. The third-order valence-electron chi connectivity index (χ3n) is 14.6. The van der Waals surface area contributed by atoms with Crippen molar-refractivity contribution in [1.82, 2.24) is 0 Å². The number of hydrogen-bond acceptors (Lipinski definition) is 4. The van der Waals surface area contributed by atoms with Gasteiger partial charge in [-0.15, -0.1) is 11.3 Å². The molecule has 0 atom stereocenters. The second-order valence-corrected chi connectivity index (χ2v) is 24.7. The number of fused-ring (bicyclic) bond motifs is 6. The molecule has 11 rings (SSSR count). The fourth-order valence-electron chi connectivity index (χ4n) is 10.7. The van der Waals surface area contributed by atoms with Crippen LogP contribution in [0.5, 0.6) is 0 Å². The minimum absolute atomic E-state index is 0.0150. The molecule has 9 aromatic rings. The van der Waals surface area contributed by atoms with Gasteiger partial charge in [0.05, 0.1) is 11.4 Å². The maximum Gasteiger partial charge on any atom is 0.252 e. The van der Waals surface area contributed by atoms with Crippen LogP contribution in [0.15, 0.2) is 170 Å². The van der Waals surface area contributed by atoms with Gasteiger partial charge in [0.1, 0.15) is 0 Å². The van der Waals surface area contributed by atoms with Crippen molar-refractivity contribution in [3.63, 3.8) is 0 Å². The van der Waals surface area contributed by atoms with Crippen molar-refractivity contribution in [3.8, 4) is 0 Å². The average Bonchev–Trinajstić information content (AvgIpc) is 3.75. The number of rotatable bonds is 5. The van der Waals surface area contributed by atoms with Crippen molar-refractivity contribution < 1.29 is 0 Å². The van der Waals surface area contributed by atoms with Crippen molar-refractivity contribution in [1.29, 1.82) is 0 Å². The Morgan fingerprint density at radius 2 is 0.942 bits per heavy atom. The van der Waals surface area contributed by atoms with Crippen LogP contribution in [0.25, 0.3) is 20.9 Å². The van der Waals surface area contributed by atoms with Crippen LogP contribution in [-0.2, 0) is 21.7 Å². The largest absolute Gasteiger partial charge is 0.311 e. The molecule has 0 radical (unpaired) electrons. The Morgan fingerprint density at radius 1 is 0.406 bits per heavy atom. The molecular formula is C64H64BN3S. The molecule has 8 aromatic carbocycles. The van der Waals surface area contributed by atoms with Gasteiger partial charge >= 0.3 is 0 Å². The highest BCUT2D eigenvalue weighted by Crippen LogP contribution is 2.50. The standard InChI is InChI=1S/C64H64BN3S/c1-61(2,3)43-25-30-47(31-26-43)67-54-34-29-45(63(7,8)9)37-52(54)65-51-35-42-36-59(64(10,11)12)69-58(42)40-55(51)68(48-32-27-44(28-33-48)62(4,5)6)57-39-49(38-56(67)60(57)65)66(46-21-14-13-15-22-46)53-24-18-20-41-19-16-17-23-50(41)53/h13-40H,1-12H3. The van der Waals surface area contributed by atoms with Gasteiger partial charge in [-0.2, -0.15) is 0 Å². The van der Waals surface area contributed by atoms with Crippen LogP contribution in [0.4, 0.5) is 51.2 Å². The molecule has 0 N–H and O–H groups in total. The zero-order chi connectivity index (χ0) is 48.4. The quantitative estimate of drug-likeness (QED) is 0.159. The minimum atomic E-state index is -0.0485. The van der Waals surface area contributed by atoms with E-state index in [1.54, 1.807) is 0 Å². The summed E-state index contributed by atoms with van der Waals surface area (Å²) < 4.78 is 1.32. The van der Waals surface area contributed by atoms with E-state index in [4.69, 9.17) is 0 Å². The summed E-state index contributed by atoms with van der Waals surface area (Å²) in [5, 5.41) is 3.73. The predicted octanol–water partition coefficient (Wildman–Crippen LogP) is 16.8. The van der Waals surface area contributed by atoms with E-state index >= 15 is 0 Å². The van der Waals surface area contributed by atoms with E-state index < -0.39 is 0 Å². The van der Waals surface area contributed by atoms with E-state index in [-0.39, 0.29) is 28.4 Å². The van der Waals surface area contributed by atoms with E-state index in [9.17, 15) is 0 Å². The highest BCUT2D eigenvalue weighted by Gasteiger charge is 2.45. The first-order chi connectivity index (χ1) is 32.7. The highest BCUT2D eigenvalue weighted by molar-refractivity contribution is 7.19. The summed E-state index contributed by atoms with van der Waals surface area (Å²) in [5.74, 6) is 0. The molecule has 0 saturated carbocycles. The Hall–Kier alpha value is -6.56. The lowest BCUT2D eigenvalue weighted by atomic mass is 9.33.